The molecule has 0 radical (unpaired) electrons. The van der Waals surface area contributed by atoms with Crippen LogP contribution in [0.15, 0.2) is 85.6 Å². The molecule has 324 valence electrons. The molecule has 0 aliphatic carbocycles. The zero-order valence-electron chi connectivity index (χ0n) is 35.0. The number of fused-ring (bicyclic) bond motifs is 1. The number of carboxylic acids is 1. The summed E-state index contributed by atoms with van der Waals surface area (Å²) in [6.45, 7) is 9.73. The number of benzene rings is 3. The molecule has 4 amide bonds. The smallest absolute Gasteiger partial charge is 0.410 e. The minimum Gasteiger partial charge on any atom is -0.487 e. The largest absolute Gasteiger partial charge is 0.487 e. The van der Waals surface area contributed by atoms with Crippen molar-refractivity contribution in [1.29, 1.82) is 0 Å². The summed E-state index contributed by atoms with van der Waals surface area (Å²) in [6.07, 6.45) is 2.97. The zero-order valence-corrected chi connectivity index (χ0v) is 35.0. The van der Waals surface area contributed by atoms with Crippen LogP contribution in [0, 0.1) is 0 Å². The molecule has 3 N–H and O–H groups in total. The molecule has 1 saturated heterocycles. The number of likely N-dealkylation sites (tertiary alicyclic amines) is 1. The highest BCUT2D eigenvalue weighted by molar-refractivity contribution is 5.94. The van der Waals surface area contributed by atoms with Crippen molar-refractivity contribution in [3.63, 3.8) is 0 Å². The first-order valence-corrected chi connectivity index (χ1v) is 19.9. The van der Waals surface area contributed by atoms with Gasteiger partial charge in [-0.15, -0.1) is 5.10 Å². The fourth-order valence-corrected chi connectivity index (χ4v) is 6.63. The fourth-order valence-electron chi connectivity index (χ4n) is 6.63. The number of hydrogen-bond donors (Lipinski definition) is 3. The van der Waals surface area contributed by atoms with Gasteiger partial charge in [-0.25, -0.2) is 14.3 Å². The normalized spacial score (nSPS) is 15.9. The van der Waals surface area contributed by atoms with Gasteiger partial charge in [0, 0.05) is 32.9 Å². The number of carbonyl (C=O) groups is 6. The maximum atomic E-state index is 14.2. The van der Waals surface area contributed by atoms with Gasteiger partial charge in [-0.2, -0.15) is 0 Å². The molecular formula is C44H53N7O10. The van der Waals surface area contributed by atoms with E-state index >= 15 is 0 Å². The number of aliphatic carboxylic acids is 1. The monoisotopic (exact) mass is 839 g/mol. The minimum atomic E-state index is -1.12. The Hall–Kier alpha value is -6.78. The van der Waals surface area contributed by atoms with Gasteiger partial charge in [0.15, 0.2) is 0 Å². The Morgan fingerprint density at radius 2 is 1.72 bits per heavy atom. The number of nitrogens with one attached hydrogen (secondary N) is 2. The van der Waals surface area contributed by atoms with E-state index < -0.39 is 72.1 Å². The number of ether oxygens (including phenoxy) is 3. The Kier molecular flexibility index (Phi) is 15.2. The molecule has 0 spiro atoms. The van der Waals surface area contributed by atoms with Crippen LogP contribution < -0.4 is 15.4 Å². The van der Waals surface area contributed by atoms with Crippen LogP contribution in [0.25, 0.3) is 10.8 Å². The molecule has 2 heterocycles. The SMILES string of the molecule is C=CCOC(=O)[C@H](Cc1ccc2ccccc2c1)NC(=O)[C@@H]1C[C@H](n2cc(COc3ccc(CCC(=O)O)cc3)nn2)CN1C(=O)CNC(=O)[C@H](C)N(C)C(=O)OC(C)(C)C. The second-order valence-electron chi connectivity index (χ2n) is 15.8. The third-order valence-electron chi connectivity index (χ3n) is 10.0. The third kappa shape index (κ3) is 12.9. The number of hydrogen-bond acceptors (Lipinski definition) is 11. The van der Waals surface area contributed by atoms with Crippen LogP contribution in [-0.4, -0.2) is 116 Å². The first kappa shape index (κ1) is 45.3. The number of aryl methyl sites for hydroxylation is 1. The summed E-state index contributed by atoms with van der Waals surface area (Å²) >= 11 is 0. The van der Waals surface area contributed by atoms with Crippen LogP contribution in [0.4, 0.5) is 4.79 Å². The molecule has 0 unspecified atom stereocenters. The van der Waals surface area contributed by atoms with Crippen molar-refractivity contribution < 1.29 is 48.1 Å². The summed E-state index contributed by atoms with van der Waals surface area (Å²) in [5, 5.41) is 24.8. The molecule has 4 atom stereocenters. The lowest BCUT2D eigenvalue weighted by Crippen LogP contribution is -2.54. The molecule has 61 heavy (non-hydrogen) atoms. The van der Waals surface area contributed by atoms with Gasteiger partial charge in [-0.3, -0.25) is 24.1 Å². The van der Waals surface area contributed by atoms with E-state index in [0.29, 0.717) is 17.9 Å². The van der Waals surface area contributed by atoms with Gasteiger partial charge in [-0.1, -0.05) is 72.5 Å². The van der Waals surface area contributed by atoms with E-state index in [4.69, 9.17) is 19.3 Å². The highest BCUT2D eigenvalue weighted by atomic mass is 16.6. The number of aromatic nitrogens is 3. The molecule has 3 aromatic carbocycles. The van der Waals surface area contributed by atoms with E-state index in [1.165, 1.54) is 24.9 Å². The number of esters is 1. The van der Waals surface area contributed by atoms with Crippen LogP contribution >= 0.6 is 0 Å². The Labute approximate surface area is 354 Å². The van der Waals surface area contributed by atoms with E-state index in [0.717, 1.165) is 26.8 Å². The fraction of sp³-hybridized carbons (Fsp3) is 0.409. The molecule has 0 bridgehead atoms. The number of carboxylic acid groups (broad SMARTS) is 1. The summed E-state index contributed by atoms with van der Waals surface area (Å²) in [7, 11) is 1.41. The summed E-state index contributed by atoms with van der Waals surface area (Å²) in [6, 6.07) is 16.8. The van der Waals surface area contributed by atoms with Gasteiger partial charge < -0.3 is 34.9 Å². The second kappa shape index (κ2) is 20.5. The first-order chi connectivity index (χ1) is 29.0. The zero-order chi connectivity index (χ0) is 44.3. The lowest BCUT2D eigenvalue weighted by atomic mass is 10.0. The lowest BCUT2D eigenvalue weighted by molar-refractivity contribution is -0.147. The topological polar surface area (TPSA) is 212 Å². The third-order valence-corrected chi connectivity index (χ3v) is 10.0. The summed E-state index contributed by atoms with van der Waals surface area (Å²) in [5.74, 6) is -2.83. The van der Waals surface area contributed by atoms with Crippen molar-refractivity contribution in [3.05, 3.63) is 102 Å². The second-order valence-corrected chi connectivity index (χ2v) is 15.8. The van der Waals surface area contributed by atoms with E-state index in [2.05, 4.69) is 27.5 Å². The quantitative estimate of drug-likeness (QED) is 0.0959. The van der Waals surface area contributed by atoms with E-state index in [9.17, 15) is 28.8 Å². The number of nitrogens with zero attached hydrogens (tertiary/aromatic N) is 5. The molecule has 1 aliphatic rings. The molecular weight excluding hydrogens is 787 g/mol. The van der Waals surface area contributed by atoms with Crippen molar-refractivity contribution in [2.45, 2.75) is 89.8 Å². The summed E-state index contributed by atoms with van der Waals surface area (Å²) in [5.41, 5.74) is 1.31. The van der Waals surface area contributed by atoms with Crippen LogP contribution in [-0.2, 0) is 52.9 Å². The van der Waals surface area contributed by atoms with Crippen molar-refractivity contribution in [3.8, 4) is 5.75 Å². The van der Waals surface area contributed by atoms with Gasteiger partial charge in [0.25, 0.3) is 0 Å². The Morgan fingerprint density at radius 1 is 1.02 bits per heavy atom. The van der Waals surface area contributed by atoms with Crippen LogP contribution in [0.3, 0.4) is 0 Å². The molecule has 1 fully saturated rings. The van der Waals surface area contributed by atoms with Crippen molar-refractivity contribution in [2.75, 3.05) is 26.7 Å². The van der Waals surface area contributed by atoms with Gasteiger partial charge in [0.2, 0.25) is 17.7 Å². The Morgan fingerprint density at radius 3 is 2.41 bits per heavy atom. The molecule has 17 heteroatoms. The Balaban J connectivity index is 1.32. The van der Waals surface area contributed by atoms with Crippen molar-refractivity contribution in [1.82, 2.24) is 35.4 Å². The van der Waals surface area contributed by atoms with Gasteiger partial charge in [-0.05, 0) is 68.1 Å². The molecule has 4 aromatic rings. The van der Waals surface area contributed by atoms with Crippen LogP contribution in [0.1, 0.15) is 63.4 Å². The predicted molar refractivity (Wildman–Crippen MR) is 223 cm³/mol. The number of likely N-dealkylation sites (N-methyl/N-ethyl adjacent to an activating group) is 1. The van der Waals surface area contributed by atoms with E-state index in [1.54, 1.807) is 55.9 Å². The highest BCUT2D eigenvalue weighted by Crippen LogP contribution is 2.28. The van der Waals surface area contributed by atoms with E-state index in [1.807, 2.05) is 42.5 Å². The van der Waals surface area contributed by atoms with Gasteiger partial charge in [0.05, 0.1) is 18.8 Å². The molecule has 5 rings (SSSR count). The molecule has 1 aliphatic heterocycles. The average molecular weight is 840 g/mol. The molecule has 17 nitrogen and oxygen atoms in total. The van der Waals surface area contributed by atoms with Crippen LogP contribution in [0.5, 0.6) is 5.75 Å². The maximum absolute atomic E-state index is 14.2. The number of amides is 4. The van der Waals surface area contributed by atoms with Gasteiger partial charge >= 0.3 is 18.0 Å². The Bertz CT molecular complexity index is 2220. The standard InChI is InChI=1S/C44H53N7O10/c1-7-20-59-42(57)36(22-30-12-16-31-10-8-9-11-32(31)21-30)46-41(56)37-23-34(26-50(37)38(52)24-45-40(55)28(2)49(6)43(58)61-44(3,4)5)51-25-33(47-48-51)27-60-35-17-13-29(14-18-35)15-19-39(53)54/h7-14,16-18,21,25,28,34,36-37H,1,15,19-20,22-24,26-27H2,2-6H3,(H,45,55)(H,46,56)(H,53,54)/t28-,34-,36-,37-/m0/s1. The van der Waals surface area contributed by atoms with Gasteiger partial charge in [0.1, 0.15) is 48.4 Å². The number of carbonyl (C=O) groups excluding carboxylic acids is 5. The van der Waals surface area contributed by atoms with Crippen molar-refractivity contribution >= 4 is 46.5 Å². The first-order valence-electron chi connectivity index (χ1n) is 19.9. The molecule has 1 aromatic heterocycles. The van der Waals surface area contributed by atoms with Crippen LogP contribution in [0.2, 0.25) is 0 Å². The molecule has 0 saturated carbocycles. The lowest BCUT2D eigenvalue weighted by Gasteiger charge is -2.28. The predicted octanol–water partition coefficient (Wildman–Crippen LogP) is 4.00. The van der Waals surface area contributed by atoms with E-state index in [-0.39, 0.29) is 39.0 Å². The maximum Gasteiger partial charge on any atom is 0.410 e. The summed E-state index contributed by atoms with van der Waals surface area (Å²) in [4.78, 5) is 80.7. The minimum absolute atomic E-state index is 0.0118. The number of rotatable bonds is 18. The average Bonchev–Trinajstić information content (AvgIpc) is 3.90. The summed E-state index contributed by atoms with van der Waals surface area (Å²) < 4.78 is 18.2. The van der Waals surface area contributed by atoms with Crippen molar-refractivity contribution in [2.24, 2.45) is 0 Å². The highest BCUT2D eigenvalue weighted by Gasteiger charge is 2.42.